The molecule has 2 N–H and O–H groups in total. The van der Waals surface area contributed by atoms with Gasteiger partial charge in [0.25, 0.3) is 0 Å². The van der Waals surface area contributed by atoms with E-state index in [1.807, 2.05) is 0 Å². The molecular formula is C13H23NO2. The number of hydrogen-bond donors (Lipinski definition) is 2. The van der Waals surface area contributed by atoms with Crippen LogP contribution in [0.5, 0.6) is 0 Å². The van der Waals surface area contributed by atoms with Crippen LogP contribution in [0.2, 0.25) is 0 Å². The Morgan fingerprint density at radius 3 is 2.44 bits per heavy atom. The highest BCUT2D eigenvalue weighted by atomic mass is 16.4. The van der Waals surface area contributed by atoms with E-state index in [0.717, 1.165) is 0 Å². The van der Waals surface area contributed by atoms with Crippen LogP contribution in [-0.2, 0) is 5.60 Å². The van der Waals surface area contributed by atoms with Gasteiger partial charge < -0.3 is 14.8 Å². The molecule has 0 amide bonds. The summed E-state index contributed by atoms with van der Waals surface area (Å²) in [4.78, 5) is 0. The van der Waals surface area contributed by atoms with Crippen LogP contribution in [0.4, 0.5) is 0 Å². The van der Waals surface area contributed by atoms with Crippen LogP contribution in [0.15, 0.2) is 22.8 Å². The van der Waals surface area contributed by atoms with E-state index in [9.17, 15) is 5.11 Å². The lowest BCUT2D eigenvalue weighted by atomic mass is 9.87. The highest BCUT2D eigenvalue weighted by Crippen LogP contribution is 2.23. The zero-order valence-corrected chi connectivity index (χ0v) is 10.9. The Bertz CT molecular complexity index is 309. The van der Waals surface area contributed by atoms with Crippen LogP contribution in [0.3, 0.4) is 0 Å². The van der Waals surface area contributed by atoms with Gasteiger partial charge in [-0.15, -0.1) is 0 Å². The number of rotatable bonds is 4. The Balaban J connectivity index is 2.55. The molecule has 3 nitrogen and oxygen atoms in total. The summed E-state index contributed by atoms with van der Waals surface area (Å²) in [6.07, 6.45) is 1.58. The summed E-state index contributed by atoms with van der Waals surface area (Å²) in [6.45, 7) is 10.9. The van der Waals surface area contributed by atoms with Crippen molar-refractivity contribution in [3.8, 4) is 0 Å². The Morgan fingerprint density at radius 1 is 1.38 bits per heavy atom. The van der Waals surface area contributed by atoms with Gasteiger partial charge in [0.2, 0.25) is 0 Å². The molecule has 0 bridgehead atoms. The zero-order valence-electron chi connectivity index (χ0n) is 10.9. The fourth-order valence-electron chi connectivity index (χ4n) is 1.33. The van der Waals surface area contributed by atoms with Crippen molar-refractivity contribution in [3.63, 3.8) is 0 Å². The monoisotopic (exact) mass is 225 g/mol. The summed E-state index contributed by atoms with van der Waals surface area (Å²) in [7, 11) is 0. The maximum Gasteiger partial charge on any atom is 0.136 e. The van der Waals surface area contributed by atoms with E-state index >= 15 is 0 Å². The van der Waals surface area contributed by atoms with Crippen LogP contribution in [0, 0.1) is 5.41 Å². The molecule has 0 aliphatic heterocycles. The van der Waals surface area contributed by atoms with E-state index in [-0.39, 0.29) is 5.41 Å². The largest absolute Gasteiger partial charge is 0.466 e. The third-order valence-corrected chi connectivity index (χ3v) is 3.10. The van der Waals surface area contributed by atoms with Gasteiger partial charge in [-0.1, -0.05) is 20.8 Å². The van der Waals surface area contributed by atoms with Crippen molar-refractivity contribution in [3.05, 3.63) is 24.2 Å². The second-order valence-corrected chi connectivity index (χ2v) is 5.72. The topological polar surface area (TPSA) is 45.4 Å². The second kappa shape index (κ2) is 4.60. The predicted octanol–water partition coefficient (Wildman–Crippen LogP) is 2.51. The first-order valence-corrected chi connectivity index (χ1v) is 5.73. The molecule has 0 radical (unpaired) electrons. The van der Waals surface area contributed by atoms with Gasteiger partial charge in [0.1, 0.15) is 11.4 Å². The number of hydrogen-bond acceptors (Lipinski definition) is 3. The molecule has 0 saturated heterocycles. The summed E-state index contributed by atoms with van der Waals surface area (Å²) >= 11 is 0. The van der Waals surface area contributed by atoms with Gasteiger partial charge in [0.05, 0.1) is 6.26 Å². The SMILES string of the molecule is CC(NCC(C)(O)c1ccco1)C(C)(C)C. The van der Waals surface area contributed by atoms with E-state index < -0.39 is 5.60 Å². The molecule has 1 rings (SSSR count). The van der Waals surface area contributed by atoms with E-state index in [4.69, 9.17) is 4.42 Å². The summed E-state index contributed by atoms with van der Waals surface area (Å²) in [5, 5.41) is 13.6. The molecule has 0 aliphatic rings. The van der Waals surface area contributed by atoms with Crippen LogP contribution in [-0.4, -0.2) is 17.7 Å². The Labute approximate surface area is 97.9 Å². The molecule has 92 valence electrons. The lowest BCUT2D eigenvalue weighted by molar-refractivity contribution is 0.0281. The van der Waals surface area contributed by atoms with Crippen molar-refractivity contribution in [2.45, 2.75) is 46.3 Å². The van der Waals surface area contributed by atoms with Gasteiger partial charge in [0.15, 0.2) is 0 Å². The number of nitrogens with one attached hydrogen (secondary N) is 1. The van der Waals surface area contributed by atoms with Crippen molar-refractivity contribution in [1.29, 1.82) is 0 Å². The van der Waals surface area contributed by atoms with Gasteiger partial charge in [-0.05, 0) is 31.4 Å². The molecule has 0 aliphatic carbocycles. The molecule has 0 fully saturated rings. The normalized spacial score (nSPS) is 18.1. The second-order valence-electron chi connectivity index (χ2n) is 5.72. The van der Waals surface area contributed by atoms with E-state index in [2.05, 4.69) is 33.0 Å². The van der Waals surface area contributed by atoms with Crippen molar-refractivity contribution in [2.75, 3.05) is 6.54 Å². The van der Waals surface area contributed by atoms with Crippen molar-refractivity contribution >= 4 is 0 Å². The first-order chi connectivity index (χ1) is 7.23. The highest BCUT2D eigenvalue weighted by molar-refractivity contribution is 5.08. The van der Waals surface area contributed by atoms with Crippen LogP contribution >= 0.6 is 0 Å². The third-order valence-electron chi connectivity index (χ3n) is 3.10. The first kappa shape index (κ1) is 13.3. The molecular weight excluding hydrogens is 202 g/mol. The van der Waals surface area contributed by atoms with E-state index in [1.165, 1.54) is 0 Å². The van der Waals surface area contributed by atoms with E-state index in [1.54, 1.807) is 25.3 Å². The average Bonchev–Trinajstić information content (AvgIpc) is 2.65. The molecule has 2 unspecified atom stereocenters. The van der Waals surface area contributed by atoms with Crippen LogP contribution in [0.25, 0.3) is 0 Å². The highest BCUT2D eigenvalue weighted by Gasteiger charge is 2.28. The van der Waals surface area contributed by atoms with Crippen molar-refractivity contribution < 1.29 is 9.52 Å². The molecule has 1 aromatic heterocycles. The Morgan fingerprint density at radius 2 is 2.00 bits per heavy atom. The molecule has 0 aromatic carbocycles. The summed E-state index contributed by atoms with van der Waals surface area (Å²) < 4.78 is 5.23. The predicted molar refractivity (Wildman–Crippen MR) is 65.2 cm³/mol. The van der Waals surface area contributed by atoms with Gasteiger partial charge in [-0.3, -0.25) is 0 Å². The number of furan rings is 1. The number of aliphatic hydroxyl groups is 1. The minimum absolute atomic E-state index is 0.180. The molecule has 0 spiro atoms. The summed E-state index contributed by atoms with van der Waals surface area (Å²) in [5.74, 6) is 0.598. The van der Waals surface area contributed by atoms with Crippen LogP contribution < -0.4 is 5.32 Å². The van der Waals surface area contributed by atoms with Gasteiger partial charge >= 0.3 is 0 Å². The maximum atomic E-state index is 10.2. The Hall–Kier alpha value is -0.800. The standard InChI is InChI=1S/C13H23NO2/c1-10(12(2,3)4)14-9-13(5,15)11-7-6-8-16-11/h6-8,10,14-15H,9H2,1-5H3. The molecule has 0 saturated carbocycles. The maximum absolute atomic E-state index is 10.2. The minimum atomic E-state index is -0.955. The smallest absolute Gasteiger partial charge is 0.136 e. The van der Waals surface area contributed by atoms with E-state index in [0.29, 0.717) is 18.3 Å². The molecule has 3 heteroatoms. The third kappa shape index (κ3) is 3.35. The van der Waals surface area contributed by atoms with Gasteiger partial charge in [-0.2, -0.15) is 0 Å². The molecule has 1 aromatic rings. The average molecular weight is 225 g/mol. The molecule has 2 atom stereocenters. The summed E-state index contributed by atoms with van der Waals surface area (Å²) in [6, 6.07) is 3.91. The summed E-state index contributed by atoms with van der Waals surface area (Å²) in [5.41, 5.74) is -0.776. The van der Waals surface area contributed by atoms with Crippen molar-refractivity contribution in [1.82, 2.24) is 5.32 Å². The zero-order chi connectivity index (χ0) is 12.4. The van der Waals surface area contributed by atoms with Gasteiger partial charge in [-0.25, -0.2) is 0 Å². The Kier molecular flexibility index (Phi) is 3.81. The lowest BCUT2D eigenvalue weighted by Crippen LogP contribution is -2.44. The first-order valence-electron chi connectivity index (χ1n) is 5.73. The molecule has 1 heterocycles. The van der Waals surface area contributed by atoms with Crippen molar-refractivity contribution in [2.24, 2.45) is 5.41 Å². The fraction of sp³-hybridized carbons (Fsp3) is 0.692. The quantitative estimate of drug-likeness (QED) is 0.827. The van der Waals surface area contributed by atoms with Crippen LogP contribution in [0.1, 0.15) is 40.4 Å². The fourth-order valence-corrected chi connectivity index (χ4v) is 1.33. The molecule has 16 heavy (non-hydrogen) atoms. The minimum Gasteiger partial charge on any atom is -0.466 e. The lowest BCUT2D eigenvalue weighted by Gasteiger charge is -2.31. The van der Waals surface area contributed by atoms with Gasteiger partial charge in [0, 0.05) is 12.6 Å².